The van der Waals surface area contributed by atoms with E-state index in [1.54, 1.807) is 11.0 Å². The van der Waals surface area contributed by atoms with Crippen molar-refractivity contribution in [3.8, 4) is 11.8 Å². The van der Waals surface area contributed by atoms with Gasteiger partial charge in [-0.3, -0.25) is 9.69 Å². The molecule has 1 saturated heterocycles. The first-order valence-corrected chi connectivity index (χ1v) is 9.16. The van der Waals surface area contributed by atoms with Crippen LogP contribution in [0.1, 0.15) is 17.5 Å². The van der Waals surface area contributed by atoms with E-state index >= 15 is 0 Å². The van der Waals surface area contributed by atoms with E-state index in [1.807, 2.05) is 18.2 Å². The monoisotopic (exact) mass is 355 g/mol. The molecule has 0 atom stereocenters. The Kier molecular flexibility index (Phi) is 6.64. The molecule has 0 bridgehead atoms. The average molecular weight is 355 g/mol. The Morgan fingerprint density at radius 2 is 2.12 bits per heavy atom. The second kappa shape index (κ2) is 9.37. The number of ether oxygens (including phenoxy) is 2. The molecule has 0 unspecified atom stereocenters. The van der Waals surface area contributed by atoms with Gasteiger partial charge >= 0.3 is 0 Å². The highest BCUT2D eigenvalue weighted by Crippen LogP contribution is 2.26. The third-order valence-corrected chi connectivity index (χ3v) is 4.73. The molecule has 138 valence electrons. The van der Waals surface area contributed by atoms with E-state index < -0.39 is 0 Å². The number of nitrogens with zero attached hydrogens (tertiary/aromatic N) is 3. The summed E-state index contributed by atoms with van der Waals surface area (Å²) in [7, 11) is 0. The van der Waals surface area contributed by atoms with E-state index in [-0.39, 0.29) is 5.91 Å². The highest BCUT2D eigenvalue weighted by Gasteiger charge is 2.15. The second-order valence-electron chi connectivity index (χ2n) is 6.49. The first-order chi connectivity index (χ1) is 12.8. The molecule has 0 spiro atoms. The molecule has 2 aliphatic heterocycles. The maximum Gasteiger partial charge on any atom is 0.246 e. The van der Waals surface area contributed by atoms with Gasteiger partial charge in [-0.25, -0.2) is 0 Å². The van der Waals surface area contributed by atoms with Gasteiger partial charge in [0, 0.05) is 45.2 Å². The first kappa shape index (κ1) is 18.4. The molecule has 0 aromatic heterocycles. The Labute approximate surface area is 154 Å². The molecule has 6 heteroatoms. The number of benzene rings is 1. The van der Waals surface area contributed by atoms with Crippen molar-refractivity contribution < 1.29 is 14.3 Å². The largest absolute Gasteiger partial charge is 0.493 e. The van der Waals surface area contributed by atoms with Crippen molar-refractivity contribution in [3.05, 3.63) is 35.4 Å². The zero-order valence-electron chi connectivity index (χ0n) is 15.0. The van der Waals surface area contributed by atoms with Gasteiger partial charge in [-0.2, -0.15) is 5.26 Å². The number of nitriles is 1. The number of rotatable bonds is 7. The molecule has 6 nitrogen and oxygen atoms in total. The zero-order valence-corrected chi connectivity index (χ0v) is 15.0. The number of morpholine rings is 1. The summed E-state index contributed by atoms with van der Waals surface area (Å²) in [4.78, 5) is 16.6. The van der Waals surface area contributed by atoms with Crippen LogP contribution in [0, 0.1) is 11.3 Å². The van der Waals surface area contributed by atoms with Crippen LogP contribution >= 0.6 is 0 Å². The Morgan fingerprint density at radius 1 is 1.27 bits per heavy atom. The van der Waals surface area contributed by atoms with E-state index in [1.165, 1.54) is 5.56 Å². The normalized spacial score (nSPS) is 16.9. The third kappa shape index (κ3) is 5.07. The van der Waals surface area contributed by atoms with Crippen LogP contribution in [0.5, 0.6) is 5.75 Å². The highest BCUT2D eigenvalue weighted by molar-refractivity contribution is 5.91. The number of amides is 1. The molecule has 0 saturated carbocycles. The third-order valence-electron chi connectivity index (χ3n) is 4.73. The van der Waals surface area contributed by atoms with Crippen LogP contribution < -0.4 is 4.74 Å². The molecule has 2 aliphatic rings. The van der Waals surface area contributed by atoms with Gasteiger partial charge in [0.15, 0.2) is 0 Å². The van der Waals surface area contributed by atoms with Crippen molar-refractivity contribution in [3.63, 3.8) is 0 Å². The van der Waals surface area contributed by atoms with Crippen LogP contribution in [0.4, 0.5) is 0 Å². The van der Waals surface area contributed by atoms with Gasteiger partial charge in [0.05, 0.1) is 32.3 Å². The summed E-state index contributed by atoms with van der Waals surface area (Å²) in [5.74, 6) is 0.889. The lowest BCUT2D eigenvalue weighted by molar-refractivity contribution is -0.126. The molecule has 3 rings (SSSR count). The SMILES string of the molecule is N#CCCN(CCN1CCOCC1)C(=O)/C=C/c1ccc2c(c1)CCO2. The molecule has 26 heavy (non-hydrogen) atoms. The van der Waals surface area contributed by atoms with Crippen molar-refractivity contribution in [1.29, 1.82) is 5.26 Å². The van der Waals surface area contributed by atoms with E-state index in [0.717, 1.165) is 57.2 Å². The summed E-state index contributed by atoms with van der Waals surface area (Å²) in [6, 6.07) is 8.11. The minimum atomic E-state index is -0.0507. The molecule has 0 aliphatic carbocycles. The van der Waals surface area contributed by atoms with Gasteiger partial charge in [0.25, 0.3) is 0 Å². The van der Waals surface area contributed by atoms with Crippen molar-refractivity contribution in [1.82, 2.24) is 9.80 Å². The fourth-order valence-electron chi connectivity index (χ4n) is 3.19. The maximum absolute atomic E-state index is 12.6. The average Bonchev–Trinajstić information content (AvgIpc) is 3.15. The van der Waals surface area contributed by atoms with Gasteiger partial charge < -0.3 is 14.4 Å². The predicted molar refractivity (Wildman–Crippen MR) is 98.7 cm³/mol. The van der Waals surface area contributed by atoms with Gasteiger partial charge in [-0.05, 0) is 29.3 Å². The van der Waals surface area contributed by atoms with Crippen LogP contribution in [-0.4, -0.2) is 68.3 Å². The van der Waals surface area contributed by atoms with E-state index in [4.69, 9.17) is 14.7 Å². The summed E-state index contributed by atoms with van der Waals surface area (Å²) < 4.78 is 10.9. The number of fused-ring (bicyclic) bond motifs is 1. The molecule has 1 aromatic rings. The second-order valence-corrected chi connectivity index (χ2v) is 6.49. The maximum atomic E-state index is 12.6. The van der Waals surface area contributed by atoms with Gasteiger partial charge in [-0.15, -0.1) is 0 Å². The first-order valence-electron chi connectivity index (χ1n) is 9.16. The minimum absolute atomic E-state index is 0.0507. The Balaban J connectivity index is 1.58. The highest BCUT2D eigenvalue weighted by atomic mass is 16.5. The Bertz CT molecular complexity index is 690. The van der Waals surface area contributed by atoms with Gasteiger partial charge in [0.2, 0.25) is 5.91 Å². The van der Waals surface area contributed by atoms with Crippen molar-refractivity contribution in [2.24, 2.45) is 0 Å². The zero-order chi connectivity index (χ0) is 18.2. The predicted octanol–water partition coefficient (Wildman–Crippen LogP) is 1.71. The quantitative estimate of drug-likeness (QED) is 0.697. The van der Waals surface area contributed by atoms with Crippen LogP contribution in [-0.2, 0) is 16.0 Å². The van der Waals surface area contributed by atoms with E-state index in [2.05, 4.69) is 17.0 Å². The number of carbonyl (C=O) groups excluding carboxylic acids is 1. The molecular weight excluding hydrogens is 330 g/mol. The number of hydrogen-bond donors (Lipinski definition) is 0. The number of carbonyl (C=O) groups is 1. The van der Waals surface area contributed by atoms with E-state index in [9.17, 15) is 4.79 Å². The molecule has 2 heterocycles. The van der Waals surface area contributed by atoms with Crippen LogP contribution in [0.15, 0.2) is 24.3 Å². The smallest absolute Gasteiger partial charge is 0.246 e. The van der Waals surface area contributed by atoms with Crippen molar-refractivity contribution >= 4 is 12.0 Å². The minimum Gasteiger partial charge on any atom is -0.493 e. The lowest BCUT2D eigenvalue weighted by Gasteiger charge is -2.29. The van der Waals surface area contributed by atoms with E-state index in [0.29, 0.717) is 19.5 Å². The lowest BCUT2D eigenvalue weighted by atomic mass is 10.1. The van der Waals surface area contributed by atoms with Crippen LogP contribution in [0.3, 0.4) is 0 Å². The summed E-state index contributed by atoms with van der Waals surface area (Å²) in [6.07, 6.45) is 4.71. The topological polar surface area (TPSA) is 65.8 Å². The van der Waals surface area contributed by atoms with Gasteiger partial charge in [-0.1, -0.05) is 6.07 Å². The molecular formula is C20H25N3O3. The standard InChI is InChI=1S/C20H25N3O3/c21-7-1-8-23(10-9-22-11-14-25-15-12-22)20(24)5-3-17-2-4-19-18(16-17)6-13-26-19/h2-5,16H,1,6,8-15H2/b5-3+. The molecule has 0 radical (unpaired) electrons. The molecule has 1 aromatic carbocycles. The van der Waals surface area contributed by atoms with Crippen LogP contribution in [0.2, 0.25) is 0 Å². The van der Waals surface area contributed by atoms with Crippen LogP contribution in [0.25, 0.3) is 6.08 Å². The summed E-state index contributed by atoms with van der Waals surface area (Å²) in [5.41, 5.74) is 2.18. The fourth-order valence-corrected chi connectivity index (χ4v) is 3.19. The Hall–Kier alpha value is -2.36. The summed E-state index contributed by atoms with van der Waals surface area (Å²) in [6.45, 7) is 5.91. The van der Waals surface area contributed by atoms with Gasteiger partial charge in [0.1, 0.15) is 5.75 Å². The Morgan fingerprint density at radius 3 is 2.92 bits per heavy atom. The summed E-state index contributed by atoms with van der Waals surface area (Å²) >= 11 is 0. The fraction of sp³-hybridized carbons (Fsp3) is 0.500. The molecule has 0 N–H and O–H groups in total. The van der Waals surface area contributed by atoms with Crippen molar-refractivity contribution in [2.75, 3.05) is 52.5 Å². The number of hydrogen-bond acceptors (Lipinski definition) is 5. The molecule has 1 fully saturated rings. The summed E-state index contributed by atoms with van der Waals surface area (Å²) in [5, 5.41) is 8.87. The van der Waals surface area contributed by atoms with Crippen molar-refractivity contribution in [2.45, 2.75) is 12.8 Å². The molecule has 1 amide bonds. The lowest BCUT2D eigenvalue weighted by Crippen LogP contribution is -2.43.